The second-order valence-corrected chi connectivity index (χ2v) is 2.99. The number of hydrogen-bond donors (Lipinski definition) is 1. The minimum atomic E-state index is 0.558. The second kappa shape index (κ2) is 2.38. The summed E-state index contributed by atoms with van der Waals surface area (Å²) in [5.41, 5.74) is 4.35. The summed E-state index contributed by atoms with van der Waals surface area (Å²) in [5.74, 6) is 0.613. The van der Waals surface area contributed by atoms with Crippen LogP contribution >= 0.6 is 0 Å². The van der Waals surface area contributed by atoms with Crippen molar-refractivity contribution in [1.29, 1.82) is 0 Å². The molecule has 1 rings (SSSR count). The summed E-state index contributed by atoms with van der Waals surface area (Å²) in [4.78, 5) is 0. The fourth-order valence-electron chi connectivity index (χ4n) is 0.963. The third-order valence-corrected chi connectivity index (χ3v) is 1.61. The van der Waals surface area contributed by atoms with Crippen LogP contribution in [0.15, 0.2) is 5.10 Å². The Morgan fingerprint density at radius 3 is 2.56 bits per heavy atom. The van der Waals surface area contributed by atoms with Crippen molar-refractivity contribution in [3.05, 3.63) is 0 Å². The van der Waals surface area contributed by atoms with Crippen LogP contribution in [0.5, 0.6) is 0 Å². The predicted molar refractivity (Wildman–Crippen MR) is 39.5 cm³/mol. The fourth-order valence-corrected chi connectivity index (χ4v) is 0.963. The van der Waals surface area contributed by atoms with E-state index in [0.717, 1.165) is 6.42 Å². The van der Waals surface area contributed by atoms with Crippen molar-refractivity contribution < 1.29 is 0 Å². The molecule has 0 bridgehead atoms. The van der Waals surface area contributed by atoms with E-state index in [1.807, 2.05) is 0 Å². The average Bonchev–Trinajstić information content (AvgIpc) is 2.14. The van der Waals surface area contributed by atoms with Crippen LogP contribution in [0.4, 0.5) is 0 Å². The topological polar surface area (TPSA) is 24.4 Å². The molecule has 2 nitrogen and oxygen atoms in total. The zero-order chi connectivity index (χ0) is 6.85. The van der Waals surface area contributed by atoms with Gasteiger partial charge >= 0.3 is 0 Å². The molecule has 0 spiro atoms. The molecular formula is C7H14N2. The van der Waals surface area contributed by atoms with Crippen molar-refractivity contribution >= 4 is 5.71 Å². The molecule has 0 amide bonds. The summed E-state index contributed by atoms with van der Waals surface area (Å²) in [6.07, 6.45) is 1.12. The van der Waals surface area contributed by atoms with Crippen LogP contribution in [0, 0.1) is 5.92 Å². The van der Waals surface area contributed by atoms with Crippen LogP contribution in [0.25, 0.3) is 0 Å². The maximum atomic E-state index is 4.18. The van der Waals surface area contributed by atoms with E-state index in [1.54, 1.807) is 0 Å². The number of nitrogens with zero attached hydrogens (tertiary/aromatic N) is 1. The van der Waals surface area contributed by atoms with Gasteiger partial charge in [0.1, 0.15) is 0 Å². The first-order valence-electron chi connectivity index (χ1n) is 3.52. The Bertz CT molecular complexity index is 127. The fraction of sp³-hybridized carbons (Fsp3) is 0.857. The molecule has 0 saturated carbocycles. The van der Waals surface area contributed by atoms with Gasteiger partial charge in [-0.1, -0.05) is 13.8 Å². The summed E-state index contributed by atoms with van der Waals surface area (Å²) in [6, 6.07) is 0.558. The van der Waals surface area contributed by atoms with Gasteiger partial charge in [-0.15, -0.1) is 0 Å². The zero-order valence-corrected chi connectivity index (χ0v) is 6.31. The summed E-state index contributed by atoms with van der Waals surface area (Å²) >= 11 is 0. The molecule has 0 aliphatic carbocycles. The first-order chi connectivity index (χ1) is 4.20. The number of nitrogens with one attached hydrogen (secondary N) is 1. The lowest BCUT2D eigenvalue weighted by Gasteiger charge is -2.01. The monoisotopic (exact) mass is 126 g/mol. The van der Waals surface area contributed by atoms with Gasteiger partial charge in [0.05, 0.1) is 0 Å². The Kier molecular flexibility index (Phi) is 1.74. The molecular weight excluding hydrogens is 112 g/mol. The highest BCUT2D eigenvalue weighted by molar-refractivity contribution is 5.87. The van der Waals surface area contributed by atoms with Gasteiger partial charge in [0.15, 0.2) is 0 Å². The zero-order valence-electron chi connectivity index (χ0n) is 6.31. The van der Waals surface area contributed by atoms with Gasteiger partial charge in [-0.3, -0.25) is 0 Å². The van der Waals surface area contributed by atoms with Gasteiger partial charge in [-0.25, -0.2) is 0 Å². The van der Waals surface area contributed by atoms with Crippen molar-refractivity contribution in [1.82, 2.24) is 5.43 Å². The molecule has 0 aromatic carbocycles. The average molecular weight is 126 g/mol. The quantitative estimate of drug-likeness (QED) is 0.564. The molecule has 1 heterocycles. The van der Waals surface area contributed by atoms with E-state index in [1.165, 1.54) is 5.71 Å². The molecule has 0 radical (unpaired) electrons. The summed E-state index contributed by atoms with van der Waals surface area (Å²) < 4.78 is 0. The van der Waals surface area contributed by atoms with Crippen LogP contribution in [-0.4, -0.2) is 11.8 Å². The van der Waals surface area contributed by atoms with E-state index in [9.17, 15) is 0 Å². The van der Waals surface area contributed by atoms with Crippen molar-refractivity contribution in [2.45, 2.75) is 33.2 Å². The van der Waals surface area contributed by atoms with Crippen molar-refractivity contribution in [2.75, 3.05) is 0 Å². The minimum Gasteiger partial charge on any atom is -0.307 e. The lowest BCUT2D eigenvalue weighted by atomic mass is 10.0. The van der Waals surface area contributed by atoms with E-state index in [0.29, 0.717) is 12.0 Å². The first kappa shape index (κ1) is 6.59. The molecule has 9 heavy (non-hydrogen) atoms. The lowest BCUT2D eigenvalue weighted by molar-refractivity contribution is 0.635. The third kappa shape index (κ3) is 1.44. The van der Waals surface area contributed by atoms with Crippen LogP contribution in [0.2, 0.25) is 0 Å². The highest BCUT2D eigenvalue weighted by Gasteiger charge is 2.15. The van der Waals surface area contributed by atoms with E-state index in [-0.39, 0.29) is 0 Å². The van der Waals surface area contributed by atoms with Gasteiger partial charge in [0, 0.05) is 18.2 Å². The van der Waals surface area contributed by atoms with Crippen LogP contribution < -0.4 is 5.43 Å². The standard InChI is InChI=1S/C7H14N2/c1-5(2)7-4-6(3)8-9-7/h5-6,8H,4H2,1-3H3. The molecule has 52 valence electrons. The minimum absolute atomic E-state index is 0.558. The number of hydrazone groups is 1. The van der Waals surface area contributed by atoms with Crippen LogP contribution in [0.3, 0.4) is 0 Å². The Morgan fingerprint density at radius 1 is 1.67 bits per heavy atom. The van der Waals surface area contributed by atoms with E-state index >= 15 is 0 Å². The molecule has 2 heteroatoms. The van der Waals surface area contributed by atoms with E-state index in [2.05, 4.69) is 31.3 Å². The Balaban J connectivity index is 2.45. The number of rotatable bonds is 1. The maximum absolute atomic E-state index is 4.18. The number of hydrogen-bond acceptors (Lipinski definition) is 2. The van der Waals surface area contributed by atoms with Crippen molar-refractivity contribution in [3.63, 3.8) is 0 Å². The van der Waals surface area contributed by atoms with Crippen molar-refractivity contribution in [2.24, 2.45) is 11.0 Å². The van der Waals surface area contributed by atoms with Gasteiger partial charge < -0.3 is 5.43 Å². The third-order valence-electron chi connectivity index (χ3n) is 1.61. The Labute approximate surface area is 56.3 Å². The SMILES string of the molecule is CC1CC(C(C)C)=NN1. The Hall–Kier alpha value is -0.530. The van der Waals surface area contributed by atoms with E-state index in [4.69, 9.17) is 0 Å². The summed E-state index contributed by atoms with van der Waals surface area (Å²) in [5, 5.41) is 4.18. The Morgan fingerprint density at radius 2 is 2.33 bits per heavy atom. The smallest absolute Gasteiger partial charge is 0.0464 e. The van der Waals surface area contributed by atoms with Gasteiger partial charge in [0.25, 0.3) is 0 Å². The first-order valence-corrected chi connectivity index (χ1v) is 3.52. The molecule has 1 unspecified atom stereocenters. The van der Waals surface area contributed by atoms with Gasteiger partial charge in [-0.05, 0) is 12.8 Å². The molecule has 1 atom stereocenters. The normalized spacial score (nSPS) is 26.2. The summed E-state index contributed by atoms with van der Waals surface area (Å²) in [6.45, 7) is 6.51. The molecule has 1 N–H and O–H groups in total. The molecule has 1 aliphatic rings. The van der Waals surface area contributed by atoms with Crippen LogP contribution in [-0.2, 0) is 0 Å². The van der Waals surface area contributed by atoms with Crippen LogP contribution in [0.1, 0.15) is 27.2 Å². The lowest BCUT2D eigenvalue weighted by Crippen LogP contribution is -2.14. The molecule has 0 aromatic rings. The predicted octanol–water partition coefficient (Wildman–Crippen LogP) is 1.38. The largest absolute Gasteiger partial charge is 0.307 e. The molecule has 0 fully saturated rings. The van der Waals surface area contributed by atoms with Gasteiger partial charge in [0.2, 0.25) is 0 Å². The van der Waals surface area contributed by atoms with E-state index < -0.39 is 0 Å². The highest BCUT2D eigenvalue weighted by Crippen LogP contribution is 2.09. The molecule has 0 saturated heterocycles. The van der Waals surface area contributed by atoms with Gasteiger partial charge in [-0.2, -0.15) is 5.10 Å². The second-order valence-electron chi connectivity index (χ2n) is 2.99. The summed E-state index contributed by atoms with van der Waals surface area (Å²) in [7, 11) is 0. The van der Waals surface area contributed by atoms with Crippen molar-refractivity contribution in [3.8, 4) is 0 Å². The maximum Gasteiger partial charge on any atom is 0.0464 e. The highest BCUT2D eigenvalue weighted by atomic mass is 15.3. The molecule has 0 aromatic heterocycles. The molecule has 1 aliphatic heterocycles.